The van der Waals surface area contributed by atoms with Crippen LogP contribution in [-0.2, 0) is 20.8 Å². The van der Waals surface area contributed by atoms with Gasteiger partial charge in [0.15, 0.2) is 0 Å². The predicted molar refractivity (Wildman–Crippen MR) is 45.9 cm³/mol. The SMILES string of the molecule is COC(C)(OC)OCc1ccco1. The van der Waals surface area contributed by atoms with Crippen molar-refractivity contribution in [2.24, 2.45) is 0 Å². The average Bonchev–Trinajstić information content (AvgIpc) is 2.67. The van der Waals surface area contributed by atoms with E-state index in [1.807, 2.05) is 6.07 Å². The van der Waals surface area contributed by atoms with E-state index in [2.05, 4.69) is 0 Å². The minimum atomic E-state index is -1.01. The van der Waals surface area contributed by atoms with E-state index in [4.69, 9.17) is 18.6 Å². The first-order valence-electron chi connectivity index (χ1n) is 3.97. The van der Waals surface area contributed by atoms with Crippen LogP contribution in [0.25, 0.3) is 0 Å². The third kappa shape index (κ3) is 2.84. The van der Waals surface area contributed by atoms with Gasteiger partial charge in [-0.25, -0.2) is 0 Å². The Balaban J connectivity index is 2.41. The van der Waals surface area contributed by atoms with Crippen LogP contribution < -0.4 is 0 Å². The smallest absolute Gasteiger partial charge is 0.279 e. The topological polar surface area (TPSA) is 40.8 Å². The fraction of sp³-hybridized carbons (Fsp3) is 0.556. The molecule has 1 heterocycles. The molecule has 0 fully saturated rings. The lowest BCUT2D eigenvalue weighted by Gasteiger charge is -2.25. The minimum absolute atomic E-state index is 0.325. The largest absolute Gasteiger partial charge is 0.467 e. The van der Waals surface area contributed by atoms with Crippen LogP contribution in [0, 0.1) is 0 Å². The number of ether oxygens (including phenoxy) is 3. The second kappa shape index (κ2) is 4.41. The van der Waals surface area contributed by atoms with Gasteiger partial charge >= 0.3 is 0 Å². The van der Waals surface area contributed by atoms with E-state index in [0.29, 0.717) is 6.61 Å². The molecule has 4 heteroatoms. The molecule has 0 aliphatic heterocycles. The molecule has 0 saturated carbocycles. The molecule has 0 radical (unpaired) electrons. The number of rotatable bonds is 5. The Kier molecular flexibility index (Phi) is 3.48. The van der Waals surface area contributed by atoms with Crippen LogP contribution in [0.2, 0.25) is 0 Å². The monoisotopic (exact) mass is 186 g/mol. The molecule has 4 nitrogen and oxygen atoms in total. The fourth-order valence-corrected chi connectivity index (χ4v) is 0.798. The van der Waals surface area contributed by atoms with Gasteiger partial charge in [-0.1, -0.05) is 0 Å². The quantitative estimate of drug-likeness (QED) is 0.657. The summed E-state index contributed by atoms with van der Waals surface area (Å²) in [4.78, 5) is 0. The molecule has 0 aliphatic carbocycles. The zero-order valence-electron chi connectivity index (χ0n) is 8.07. The highest BCUT2D eigenvalue weighted by atomic mass is 16.9. The normalized spacial score (nSPS) is 11.9. The van der Waals surface area contributed by atoms with Gasteiger partial charge in [0.2, 0.25) is 0 Å². The Morgan fingerprint density at radius 1 is 1.38 bits per heavy atom. The maximum absolute atomic E-state index is 5.33. The van der Waals surface area contributed by atoms with Crippen molar-refractivity contribution in [1.82, 2.24) is 0 Å². The van der Waals surface area contributed by atoms with Crippen LogP contribution in [0.1, 0.15) is 12.7 Å². The molecule has 0 aromatic carbocycles. The van der Waals surface area contributed by atoms with Gasteiger partial charge in [-0.2, -0.15) is 0 Å². The second-order valence-electron chi connectivity index (χ2n) is 2.64. The van der Waals surface area contributed by atoms with Gasteiger partial charge in [-0.05, 0) is 12.1 Å². The molecule has 1 rings (SSSR count). The second-order valence-corrected chi connectivity index (χ2v) is 2.64. The van der Waals surface area contributed by atoms with Gasteiger partial charge < -0.3 is 18.6 Å². The molecular formula is C9H14O4. The van der Waals surface area contributed by atoms with Crippen molar-refractivity contribution in [2.75, 3.05) is 14.2 Å². The maximum atomic E-state index is 5.33. The summed E-state index contributed by atoms with van der Waals surface area (Å²) in [5.74, 6) is -0.271. The van der Waals surface area contributed by atoms with E-state index in [9.17, 15) is 0 Å². The Morgan fingerprint density at radius 3 is 2.54 bits per heavy atom. The molecule has 0 amide bonds. The lowest BCUT2D eigenvalue weighted by Crippen LogP contribution is -2.32. The zero-order valence-corrected chi connectivity index (χ0v) is 8.07. The molecular weight excluding hydrogens is 172 g/mol. The third-order valence-electron chi connectivity index (χ3n) is 1.80. The Morgan fingerprint density at radius 2 is 2.08 bits per heavy atom. The molecule has 1 aromatic heterocycles. The highest BCUT2D eigenvalue weighted by Gasteiger charge is 2.23. The minimum Gasteiger partial charge on any atom is -0.467 e. The van der Waals surface area contributed by atoms with Crippen LogP contribution in [0.15, 0.2) is 22.8 Å². The summed E-state index contributed by atoms with van der Waals surface area (Å²) in [5, 5.41) is 0. The molecule has 0 N–H and O–H groups in total. The lowest BCUT2D eigenvalue weighted by molar-refractivity contribution is -0.356. The van der Waals surface area contributed by atoms with Gasteiger partial charge in [-0.3, -0.25) is 0 Å². The Labute approximate surface area is 77.4 Å². The molecule has 0 atom stereocenters. The molecule has 0 bridgehead atoms. The first-order chi connectivity index (χ1) is 6.20. The summed E-state index contributed by atoms with van der Waals surface area (Å²) >= 11 is 0. The molecule has 74 valence electrons. The van der Waals surface area contributed by atoms with Crippen LogP contribution in [0.5, 0.6) is 0 Å². The van der Waals surface area contributed by atoms with Crippen LogP contribution >= 0.6 is 0 Å². The van der Waals surface area contributed by atoms with Gasteiger partial charge in [0.1, 0.15) is 12.4 Å². The van der Waals surface area contributed by atoms with Gasteiger partial charge in [0, 0.05) is 21.1 Å². The standard InChI is InChI=1S/C9H14O4/c1-9(10-2,11-3)13-7-8-5-4-6-12-8/h4-6H,7H2,1-3H3. The van der Waals surface area contributed by atoms with Crippen molar-refractivity contribution in [3.63, 3.8) is 0 Å². The van der Waals surface area contributed by atoms with Gasteiger partial charge in [0.05, 0.1) is 6.26 Å². The van der Waals surface area contributed by atoms with Crippen LogP contribution in [0.4, 0.5) is 0 Å². The number of hydrogen-bond acceptors (Lipinski definition) is 4. The first kappa shape index (κ1) is 10.2. The highest BCUT2D eigenvalue weighted by Crippen LogP contribution is 2.14. The summed E-state index contributed by atoms with van der Waals surface area (Å²) in [6.45, 7) is 2.02. The molecule has 0 aliphatic rings. The van der Waals surface area contributed by atoms with Crippen molar-refractivity contribution >= 4 is 0 Å². The third-order valence-corrected chi connectivity index (χ3v) is 1.80. The van der Waals surface area contributed by atoms with Crippen molar-refractivity contribution in [2.45, 2.75) is 19.5 Å². The van der Waals surface area contributed by atoms with Crippen LogP contribution in [0.3, 0.4) is 0 Å². The summed E-state index contributed by atoms with van der Waals surface area (Å²) in [7, 11) is 3.04. The number of furan rings is 1. The van der Waals surface area contributed by atoms with E-state index < -0.39 is 5.97 Å². The highest BCUT2D eigenvalue weighted by molar-refractivity contribution is 4.96. The van der Waals surface area contributed by atoms with Crippen molar-refractivity contribution in [3.8, 4) is 0 Å². The lowest BCUT2D eigenvalue weighted by atomic mass is 10.5. The molecule has 13 heavy (non-hydrogen) atoms. The van der Waals surface area contributed by atoms with Crippen molar-refractivity contribution < 1.29 is 18.6 Å². The molecule has 0 saturated heterocycles. The molecule has 1 aromatic rings. The molecule has 0 spiro atoms. The summed E-state index contributed by atoms with van der Waals surface area (Å²) in [6, 6.07) is 3.63. The van der Waals surface area contributed by atoms with Crippen molar-refractivity contribution in [1.29, 1.82) is 0 Å². The number of hydrogen-bond donors (Lipinski definition) is 0. The Bertz CT molecular complexity index is 226. The predicted octanol–water partition coefficient (Wildman–Crippen LogP) is 1.76. The first-order valence-corrected chi connectivity index (χ1v) is 3.97. The zero-order chi connectivity index (χ0) is 9.73. The molecule has 0 unspecified atom stereocenters. The summed E-state index contributed by atoms with van der Waals surface area (Å²) in [5.41, 5.74) is 0. The van der Waals surface area contributed by atoms with Crippen LogP contribution in [-0.4, -0.2) is 20.2 Å². The van der Waals surface area contributed by atoms with E-state index in [1.165, 1.54) is 14.2 Å². The van der Waals surface area contributed by atoms with E-state index >= 15 is 0 Å². The fourth-order valence-electron chi connectivity index (χ4n) is 0.798. The average molecular weight is 186 g/mol. The summed E-state index contributed by atoms with van der Waals surface area (Å²) < 4.78 is 20.4. The van der Waals surface area contributed by atoms with Crippen molar-refractivity contribution in [3.05, 3.63) is 24.2 Å². The maximum Gasteiger partial charge on any atom is 0.279 e. The van der Waals surface area contributed by atoms with E-state index in [0.717, 1.165) is 5.76 Å². The number of methoxy groups -OCH3 is 2. The van der Waals surface area contributed by atoms with Gasteiger partial charge in [0.25, 0.3) is 5.97 Å². The Hall–Kier alpha value is -0.840. The summed E-state index contributed by atoms with van der Waals surface area (Å²) in [6.07, 6.45) is 1.59. The van der Waals surface area contributed by atoms with E-state index in [-0.39, 0.29) is 0 Å². The van der Waals surface area contributed by atoms with Gasteiger partial charge in [-0.15, -0.1) is 0 Å². The van der Waals surface area contributed by atoms with E-state index in [1.54, 1.807) is 19.3 Å².